The van der Waals surface area contributed by atoms with E-state index in [4.69, 9.17) is 4.74 Å². The molecule has 0 aliphatic heterocycles. The molecule has 90 valence electrons. The molecule has 0 spiro atoms. The number of halogens is 1. The summed E-state index contributed by atoms with van der Waals surface area (Å²) in [6.07, 6.45) is 2.32. The minimum absolute atomic E-state index is 0.270. The third-order valence-corrected chi connectivity index (χ3v) is 2.47. The van der Waals surface area contributed by atoms with Crippen LogP contribution in [0.15, 0.2) is 18.2 Å². The molecule has 0 heterocycles. The van der Waals surface area contributed by atoms with Crippen LogP contribution in [-0.2, 0) is 6.42 Å². The molecule has 0 bridgehead atoms. The molecular formula is C13H19FO2. The lowest BCUT2D eigenvalue weighted by Gasteiger charge is -2.16. The minimum Gasteiger partial charge on any atom is -0.494 e. The Bertz CT molecular complexity index is 342. The van der Waals surface area contributed by atoms with Gasteiger partial charge < -0.3 is 9.84 Å². The van der Waals surface area contributed by atoms with Crippen molar-refractivity contribution in [2.24, 2.45) is 0 Å². The molecule has 0 saturated carbocycles. The van der Waals surface area contributed by atoms with E-state index >= 15 is 0 Å². The Hall–Kier alpha value is -1.09. The monoisotopic (exact) mass is 226 g/mol. The molecule has 0 radical (unpaired) electrons. The molecule has 0 amide bonds. The van der Waals surface area contributed by atoms with Crippen molar-refractivity contribution in [1.29, 1.82) is 0 Å². The van der Waals surface area contributed by atoms with E-state index in [1.165, 1.54) is 13.2 Å². The number of benzene rings is 1. The van der Waals surface area contributed by atoms with Crippen LogP contribution in [-0.4, -0.2) is 17.8 Å². The quantitative estimate of drug-likeness (QED) is 0.836. The summed E-state index contributed by atoms with van der Waals surface area (Å²) in [5, 5.41) is 9.54. The summed E-state index contributed by atoms with van der Waals surface area (Å²) in [5.41, 5.74) is 0.285. The summed E-state index contributed by atoms with van der Waals surface area (Å²) in [5.74, 6) is -0.0607. The molecule has 0 saturated heterocycles. The van der Waals surface area contributed by atoms with Gasteiger partial charge in [-0.2, -0.15) is 0 Å². The minimum atomic E-state index is -0.648. The lowest BCUT2D eigenvalue weighted by atomic mass is 9.99. The fraction of sp³-hybridized carbons (Fsp3) is 0.538. The maximum atomic E-state index is 13.3. The van der Waals surface area contributed by atoms with E-state index in [9.17, 15) is 9.50 Å². The summed E-state index contributed by atoms with van der Waals surface area (Å²) in [6, 6.07) is 4.98. The second kappa shape index (κ2) is 5.30. The fourth-order valence-corrected chi connectivity index (χ4v) is 1.59. The van der Waals surface area contributed by atoms with Crippen molar-refractivity contribution in [3.05, 3.63) is 29.6 Å². The van der Waals surface area contributed by atoms with Crippen LogP contribution >= 0.6 is 0 Å². The van der Waals surface area contributed by atoms with Gasteiger partial charge in [-0.1, -0.05) is 6.07 Å². The zero-order valence-electron chi connectivity index (χ0n) is 10.1. The van der Waals surface area contributed by atoms with Gasteiger partial charge in [-0.15, -0.1) is 0 Å². The molecule has 3 heteroatoms. The van der Waals surface area contributed by atoms with Crippen LogP contribution in [0.1, 0.15) is 32.3 Å². The van der Waals surface area contributed by atoms with Gasteiger partial charge in [0.15, 0.2) is 11.6 Å². The zero-order valence-corrected chi connectivity index (χ0v) is 10.1. The van der Waals surface area contributed by atoms with Gasteiger partial charge in [-0.3, -0.25) is 0 Å². The van der Waals surface area contributed by atoms with Crippen molar-refractivity contribution >= 4 is 0 Å². The Labute approximate surface area is 96.1 Å². The first-order valence-electron chi connectivity index (χ1n) is 5.47. The molecule has 0 aromatic heterocycles. The SMILES string of the molecule is COc1ccc(CCCC(C)(C)O)cc1F. The molecule has 0 aliphatic carbocycles. The van der Waals surface area contributed by atoms with Crippen LogP contribution in [0.4, 0.5) is 4.39 Å². The molecule has 1 N–H and O–H groups in total. The largest absolute Gasteiger partial charge is 0.494 e. The lowest BCUT2D eigenvalue weighted by Crippen LogP contribution is -2.18. The van der Waals surface area contributed by atoms with E-state index in [2.05, 4.69) is 0 Å². The summed E-state index contributed by atoms with van der Waals surface area (Å²) in [7, 11) is 1.45. The number of hydrogen-bond acceptors (Lipinski definition) is 2. The van der Waals surface area contributed by atoms with Crippen LogP contribution < -0.4 is 4.74 Å². The zero-order chi connectivity index (χ0) is 12.2. The molecule has 0 unspecified atom stereocenters. The summed E-state index contributed by atoms with van der Waals surface area (Å²) < 4.78 is 18.2. The van der Waals surface area contributed by atoms with Crippen molar-refractivity contribution in [2.75, 3.05) is 7.11 Å². The second-order valence-electron chi connectivity index (χ2n) is 4.63. The summed E-state index contributed by atoms with van der Waals surface area (Å²) >= 11 is 0. The van der Waals surface area contributed by atoms with E-state index in [1.54, 1.807) is 19.9 Å². The van der Waals surface area contributed by atoms with E-state index < -0.39 is 5.60 Å². The smallest absolute Gasteiger partial charge is 0.165 e. The van der Waals surface area contributed by atoms with Crippen molar-refractivity contribution in [3.63, 3.8) is 0 Å². The van der Waals surface area contributed by atoms with E-state index in [1.807, 2.05) is 6.07 Å². The Kier molecular flexibility index (Phi) is 4.30. The first-order chi connectivity index (χ1) is 7.42. The van der Waals surface area contributed by atoms with Crippen LogP contribution in [0.3, 0.4) is 0 Å². The van der Waals surface area contributed by atoms with Crippen molar-refractivity contribution in [2.45, 2.75) is 38.7 Å². The highest BCUT2D eigenvalue weighted by molar-refractivity contribution is 5.29. The Balaban J connectivity index is 2.52. The van der Waals surface area contributed by atoms with Gasteiger partial charge in [0.25, 0.3) is 0 Å². The number of methoxy groups -OCH3 is 1. The highest BCUT2D eigenvalue weighted by Gasteiger charge is 2.11. The van der Waals surface area contributed by atoms with Gasteiger partial charge in [0.05, 0.1) is 12.7 Å². The van der Waals surface area contributed by atoms with Gasteiger partial charge in [-0.05, 0) is 50.8 Å². The van der Waals surface area contributed by atoms with Gasteiger partial charge >= 0.3 is 0 Å². The molecule has 2 nitrogen and oxygen atoms in total. The number of aryl methyl sites for hydroxylation is 1. The van der Waals surface area contributed by atoms with Crippen LogP contribution in [0.5, 0.6) is 5.75 Å². The van der Waals surface area contributed by atoms with Crippen molar-refractivity contribution < 1.29 is 14.2 Å². The van der Waals surface area contributed by atoms with E-state index in [0.29, 0.717) is 6.42 Å². The first kappa shape index (κ1) is 13.0. The molecule has 1 aromatic carbocycles. The van der Waals surface area contributed by atoms with E-state index in [0.717, 1.165) is 18.4 Å². The van der Waals surface area contributed by atoms with Crippen molar-refractivity contribution in [1.82, 2.24) is 0 Å². The van der Waals surface area contributed by atoms with Crippen LogP contribution in [0.2, 0.25) is 0 Å². The average molecular weight is 226 g/mol. The summed E-state index contributed by atoms with van der Waals surface area (Å²) in [6.45, 7) is 3.56. The Morgan fingerprint density at radius 1 is 1.38 bits per heavy atom. The number of aliphatic hydroxyl groups is 1. The molecule has 16 heavy (non-hydrogen) atoms. The number of hydrogen-bond donors (Lipinski definition) is 1. The van der Waals surface area contributed by atoms with Crippen LogP contribution in [0.25, 0.3) is 0 Å². The highest BCUT2D eigenvalue weighted by Crippen LogP contribution is 2.20. The number of rotatable bonds is 5. The standard InChI is InChI=1S/C13H19FO2/c1-13(2,15)8-4-5-10-6-7-12(16-3)11(14)9-10/h6-7,9,15H,4-5,8H2,1-3H3. The average Bonchev–Trinajstić information content (AvgIpc) is 2.16. The number of ether oxygens (including phenoxy) is 1. The predicted molar refractivity (Wildman–Crippen MR) is 62.2 cm³/mol. The summed E-state index contributed by atoms with van der Waals surface area (Å²) in [4.78, 5) is 0. The van der Waals surface area contributed by atoms with Gasteiger partial charge in [0.1, 0.15) is 0 Å². The molecule has 1 rings (SSSR count). The fourth-order valence-electron chi connectivity index (χ4n) is 1.59. The molecule has 0 fully saturated rings. The van der Waals surface area contributed by atoms with E-state index in [-0.39, 0.29) is 11.6 Å². The maximum absolute atomic E-state index is 13.3. The van der Waals surface area contributed by atoms with Gasteiger partial charge in [0, 0.05) is 0 Å². The molecule has 1 aromatic rings. The van der Waals surface area contributed by atoms with Gasteiger partial charge in [-0.25, -0.2) is 4.39 Å². The maximum Gasteiger partial charge on any atom is 0.165 e. The second-order valence-corrected chi connectivity index (χ2v) is 4.63. The molecular weight excluding hydrogens is 207 g/mol. The highest BCUT2D eigenvalue weighted by atomic mass is 19.1. The third-order valence-electron chi connectivity index (χ3n) is 2.47. The predicted octanol–water partition coefficient (Wildman–Crippen LogP) is 2.93. The third kappa shape index (κ3) is 4.19. The molecule has 0 aliphatic rings. The topological polar surface area (TPSA) is 29.5 Å². The Morgan fingerprint density at radius 2 is 2.06 bits per heavy atom. The lowest BCUT2D eigenvalue weighted by molar-refractivity contribution is 0.0689. The van der Waals surface area contributed by atoms with Crippen molar-refractivity contribution in [3.8, 4) is 5.75 Å². The molecule has 0 atom stereocenters. The van der Waals surface area contributed by atoms with Gasteiger partial charge in [0.2, 0.25) is 0 Å². The first-order valence-corrected chi connectivity index (χ1v) is 5.47. The normalized spacial score (nSPS) is 11.6. The van der Waals surface area contributed by atoms with Crippen LogP contribution in [0, 0.1) is 5.82 Å². The Morgan fingerprint density at radius 3 is 2.56 bits per heavy atom.